The number of carbonyl (C=O) groups excluding carboxylic acids is 2. The average Bonchev–Trinajstić information content (AvgIpc) is 2.31. The third-order valence-corrected chi connectivity index (χ3v) is 4.59. The maximum absolute atomic E-state index is 12.4. The molecule has 110 valence electrons. The second-order valence-corrected chi connectivity index (χ2v) is 7.31. The molecule has 6 nitrogen and oxygen atoms in total. The zero-order chi connectivity index (χ0) is 14.7. The minimum Gasteiger partial charge on any atom is -0.340 e. The second kappa shape index (κ2) is 5.90. The minimum atomic E-state index is -3.03. The van der Waals surface area contributed by atoms with Crippen LogP contribution in [0.5, 0.6) is 0 Å². The summed E-state index contributed by atoms with van der Waals surface area (Å²) in [5.41, 5.74) is -0.819. The van der Waals surface area contributed by atoms with Crippen LogP contribution in [0.25, 0.3) is 0 Å². The molecule has 1 aliphatic heterocycles. The molecule has 1 rings (SSSR count). The van der Waals surface area contributed by atoms with Crippen molar-refractivity contribution in [2.75, 3.05) is 25.1 Å². The van der Waals surface area contributed by atoms with Gasteiger partial charge in [0.05, 0.1) is 12.3 Å². The van der Waals surface area contributed by atoms with Crippen LogP contribution < -0.4 is 5.32 Å². The van der Waals surface area contributed by atoms with Crippen LogP contribution in [-0.4, -0.2) is 55.8 Å². The Labute approximate surface area is 114 Å². The van der Waals surface area contributed by atoms with Crippen LogP contribution in [0.2, 0.25) is 0 Å². The number of piperazine rings is 1. The van der Waals surface area contributed by atoms with E-state index in [0.29, 0.717) is 25.8 Å². The largest absolute Gasteiger partial charge is 0.340 e. The van der Waals surface area contributed by atoms with E-state index in [0.717, 1.165) is 0 Å². The smallest absolute Gasteiger partial charge is 0.248 e. The lowest BCUT2D eigenvalue weighted by Crippen LogP contribution is -2.66. The standard InChI is InChI=1S/C12H22N2O4S/c1-4-12(5-2)11(16)14(9-10(15)13-12)7-6-8-19(3,17)18/h4-9H2,1-3H3,(H,13,15). The van der Waals surface area contributed by atoms with Gasteiger partial charge in [-0.2, -0.15) is 0 Å². The van der Waals surface area contributed by atoms with Gasteiger partial charge in [-0.05, 0) is 19.3 Å². The van der Waals surface area contributed by atoms with Gasteiger partial charge in [0.25, 0.3) is 0 Å². The molecule has 7 heteroatoms. The van der Waals surface area contributed by atoms with Crippen molar-refractivity contribution in [3.63, 3.8) is 0 Å². The van der Waals surface area contributed by atoms with Crippen molar-refractivity contribution in [2.24, 2.45) is 0 Å². The van der Waals surface area contributed by atoms with Crippen molar-refractivity contribution in [1.29, 1.82) is 0 Å². The lowest BCUT2D eigenvalue weighted by atomic mass is 9.89. The van der Waals surface area contributed by atoms with Crippen LogP contribution >= 0.6 is 0 Å². The molecule has 1 heterocycles. The number of sulfone groups is 1. The van der Waals surface area contributed by atoms with E-state index < -0.39 is 15.4 Å². The van der Waals surface area contributed by atoms with Crippen LogP contribution in [0.3, 0.4) is 0 Å². The van der Waals surface area contributed by atoms with Crippen LogP contribution in [-0.2, 0) is 19.4 Å². The Balaban J connectivity index is 2.73. The quantitative estimate of drug-likeness (QED) is 0.743. The van der Waals surface area contributed by atoms with E-state index in [1.165, 1.54) is 11.2 Å². The van der Waals surface area contributed by atoms with Crippen LogP contribution in [0.4, 0.5) is 0 Å². The van der Waals surface area contributed by atoms with Gasteiger partial charge in [0, 0.05) is 12.8 Å². The Kier molecular flexibility index (Phi) is 4.95. The summed E-state index contributed by atoms with van der Waals surface area (Å²) in [4.78, 5) is 25.5. The first-order valence-electron chi connectivity index (χ1n) is 6.52. The third kappa shape index (κ3) is 3.92. The summed E-state index contributed by atoms with van der Waals surface area (Å²) < 4.78 is 22.2. The molecule has 1 fully saturated rings. The maximum Gasteiger partial charge on any atom is 0.248 e. The number of hydrogen-bond acceptors (Lipinski definition) is 4. The van der Waals surface area contributed by atoms with Crippen molar-refractivity contribution in [3.8, 4) is 0 Å². The predicted octanol–water partition coefficient (Wildman–Crippen LogP) is -0.0617. The fourth-order valence-corrected chi connectivity index (χ4v) is 2.99. The van der Waals surface area contributed by atoms with Crippen LogP contribution in [0.15, 0.2) is 0 Å². The van der Waals surface area contributed by atoms with Gasteiger partial charge in [0.1, 0.15) is 15.4 Å². The van der Waals surface area contributed by atoms with E-state index in [4.69, 9.17) is 0 Å². The Morgan fingerprint density at radius 1 is 1.26 bits per heavy atom. The van der Waals surface area contributed by atoms with Gasteiger partial charge in [0.15, 0.2) is 0 Å². The molecule has 1 saturated heterocycles. The first-order chi connectivity index (χ1) is 8.74. The monoisotopic (exact) mass is 290 g/mol. The first-order valence-corrected chi connectivity index (χ1v) is 8.58. The van der Waals surface area contributed by atoms with E-state index in [9.17, 15) is 18.0 Å². The first kappa shape index (κ1) is 15.9. The molecule has 19 heavy (non-hydrogen) atoms. The van der Waals surface area contributed by atoms with Gasteiger partial charge in [-0.1, -0.05) is 13.8 Å². The van der Waals surface area contributed by atoms with Gasteiger partial charge < -0.3 is 10.2 Å². The van der Waals surface area contributed by atoms with Crippen molar-refractivity contribution in [3.05, 3.63) is 0 Å². The lowest BCUT2D eigenvalue weighted by Gasteiger charge is -2.41. The molecule has 0 aromatic carbocycles. The van der Waals surface area contributed by atoms with Gasteiger partial charge in [-0.25, -0.2) is 8.42 Å². The highest BCUT2D eigenvalue weighted by molar-refractivity contribution is 7.90. The van der Waals surface area contributed by atoms with Gasteiger partial charge >= 0.3 is 0 Å². The molecule has 0 bridgehead atoms. The molecular weight excluding hydrogens is 268 g/mol. The van der Waals surface area contributed by atoms with Crippen LogP contribution in [0, 0.1) is 0 Å². The normalized spacial score (nSPS) is 19.4. The Bertz CT molecular complexity index is 454. The third-order valence-electron chi connectivity index (χ3n) is 3.56. The zero-order valence-electron chi connectivity index (χ0n) is 11.7. The lowest BCUT2D eigenvalue weighted by molar-refractivity contribution is -0.150. The minimum absolute atomic E-state index is 0.0182. The van der Waals surface area contributed by atoms with Crippen molar-refractivity contribution >= 4 is 21.7 Å². The molecule has 0 spiro atoms. The number of nitrogens with one attached hydrogen (secondary N) is 1. The summed E-state index contributed by atoms with van der Waals surface area (Å²) in [7, 11) is -3.03. The number of amides is 2. The Morgan fingerprint density at radius 2 is 1.84 bits per heavy atom. The molecule has 0 radical (unpaired) electrons. The molecule has 0 aliphatic carbocycles. The summed E-state index contributed by atoms with van der Waals surface area (Å²) in [5.74, 6) is -0.253. The van der Waals surface area contributed by atoms with E-state index in [2.05, 4.69) is 5.32 Å². The SMILES string of the molecule is CCC1(CC)NC(=O)CN(CCCS(C)(=O)=O)C1=O. The van der Waals surface area contributed by atoms with E-state index in [-0.39, 0.29) is 24.1 Å². The van der Waals surface area contributed by atoms with E-state index in [1.54, 1.807) is 0 Å². The number of hydrogen-bond donors (Lipinski definition) is 1. The highest BCUT2D eigenvalue weighted by atomic mass is 32.2. The molecule has 2 amide bonds. The average molecular weight is 290 g/mol. The highest BCUT2D eigenvalue weighted by Crippen LogP contribution is 2.22. The van der Waals surface area contributed by atoms with Crippen molar-refractivity contribution in [2.45, 2.75) is 38.6 Å². The predicted molar refractivity (Wildman–Crippen MR) is 72.4 cm³/mol. The molecule has 0 unspecified atom stereocenters. The summed E-state index contributed by atoms with van der Waals surface area (Å²) in [6, 6.07) is 0. The second-order valence-electron chi connectivity index (χ2n) is 5.05. The molecular formula is C12H22N2O4S. The molecule has 0 atom stereocenters. The summed E-state index contributed by atoms with van der Waals surface area (Å²) in [5, 5.41) is 2.77. The maximum atomic E-state index is 12.4. The summed E-state index contributed by atoms with van der Waals surface area (Å²) in [6.45, 7) is 4.05. The topological polar surface area (TPSA) is 83.6 Å². The number of carbonyl (C=O) groups is 2. The van der Waals surface area contributed by atoms with E-state index in [1.807, 2.05) is 13.8 Å². The Hall–Kier alpha value is -1.11. The Morgan fingerprint density at radius 3 is 2.32 bits per heavy atom. The fourth-order valence-electron chi connectivity index (χ4n) is 2.34. The molecule has 1 N–H and O–H groups in total. The van der Waals surface area contributed by atoms with Crippen molar-refractivity contribution in [1.82, 2.24) is 10.2 Å². The van der Waals surface area contributed by atoms with Crippen LogP contribution in [0.1, 0.15) is 33.1 Å². The van der Waals surface area contributed by atoms with Crippen molar-refractivity contribution < 1.29 is 18.0 Å². The zero-order valence-corrected chi connectivity index (χ0v) is 12.5. The van der Waals surface area contributed by atoms with Gasteiger partial charge in [-0.15, -0.1) is 0 Å². The molecule has 0 aromatic heterocycles. The fraction of sp³-hybridized carbons (Fsp3) is 0.833. The summed E-state index contributed by atoms with van der Waals surface area (Å²) >= 11 is 0. The van der Waals surface area contributed by atoms with Gasteiger partial charge in [-0.3, -0.25) is 9.59 Å². The summed E-state index contributed by atoms with van der Waals surface area (Å²) in [6.07, 6.45) is 2.61. The molecule has 0 saturated carbocycles. The molecule has 1 aliphatic rings. The van der Waals surface area contributed by atoms with E-state index >= 15 is 0 Å². The van der Waals surface area contributed by atoms with Gasteiger partial charge in [0.2, 0.25) is 11.8 Å². The number of rotatable bonds is 6. The molecule has 0 aromatic rings. The number of nitrogens with zero attached hydrogens (tertiary/aromatic N) is 1. The highest BCUT2D eigenvalue weighted by Gasteiger charge is 2.43.